The molecule has 0 aliphatic carbocycles. The van der Waals surface area contributed by atoms with Crippen molar-refractivity contribution >= 4 is 46.6 Å². The summed E-state index contributed by atoms with van der Waals surface area (Å²) in [6.45, 7) is 5.27. The highest BCUT2D eigenvalue weighted by molar-refractivity contribution is 7.98. The number of hydrogen-bond donors (Lipinski definition) is 0. The van der Waals surface area contributed by atoms with Crippen molar-refractivity contribution in [3.63, 3.8) is 0 Å². The van der Waals surface area contributed by atoms with Crippen molar-refractivity contribution in [1.82, 2.24) is 24.6 Å². The van der Waals surface area contributed by atoms with Gasteiger partial charge in [-0.2, -0.15) is 0 Å². The molecule has 0 atom stereocenters. The van der Waals surface area contributed by atoms with Gasteiger partial charge in [-0.1, -0.05) is 53.2 Å². The summed E-state index contributed by atoms with van der Waals surface area (Å²) < 4.78 is 7.13. The van der Waals surface area contributed by atoms with Crippen LogP contribution in [-0.2, 0) is 15.3 Å². The first-order chi connectivity index (χ1) is 18.9. The van der Waals surface area contributed by atoms with Gasteiger partial charge >= 0.3 is 5.97 Å². The molecule has 0 bridgehead atoms. The summed E-state index contributed by atoms with van der Waals surface area (Å²) in [6, 6.07) is 15.8. The van der Waals surface area contributed by atoms with Crippen LogP contribution in [0.1, 0.15) is 40.8 Å². The summed E-state index contributed by atoms with van der Waals surface area (Å²) in [5, 5.41) is 12.9. The number of ether oxygens (including phenoxy) is 1. The van der Waals surface area contributed by atoms with Gasteiger partial charge in [-0.3, -0.25) is 14.2 Å². The summed E-state index contributed by atoms with van der Waals surface area (Å²) in [5.41, 5.74) is 3.32. The lowest BCUT2D eigenvalue weighted by Crippen LogP contribution is -2.40. The first-order valence-corrected chi connectivity index (χ1v) is 15.0. The molecule has 3 heterocycles. The largest absolute Gasteiger partial charge is 0.466 e. The molecule has 202 valence electrons. The molecular formula is C28H28ClN5O3S2. The maximum atomic E-state index is 13.1. The quantitative estimate of drug-likeness (QED) is 0.184. The van der Waals surface area contributed by atoms with Gasteiger partial charge in [0, 0.05) is 29.7 Å². The molecule has 1 saturated heterocycles. The third kappa shape index (κ3) is 6.18. The molecule has 1 aliphatic heterocycles. The van der Waals surface area contributed by atoms with Crippen LogP contribution < -0.4 is 0 Å². The molecule has 4 aromatic rings. The lowest BCUT2D eigenvalue weighted by atomic mass is 9.97. The highest BCUT2D eigenvalue weighted by atomic mass is 35.5. The van der Waals surface area contributed by atoms with E-state index in [1.165, 1.54) is 23.1 Å². The number of carbonyl (C=O) groups is 2. The van der Waals surface area contributed by atoms with Crippen LogP contribution in [-0.4, -0.2) is 56.2 Å². The molecule has 0 spiro atoms. The van der Waals surface area contributed by atoms with Crippen molar-refractivity contribution in [1.29, 1.82) is 0 Å². The number of thioether (sulfide) groups is 1. The number of aryl methyl sites for hydroxylation is 1. The molecule has 0 unspecified atom stereocenters. The van der Waals surface area contributed by atoms with Gasteiger partial charge in [0.25, 0.3) is 5.91 Å². The van der Waals surface area contributed by atoms with E-state index in [-0.39, 0.29) is 17.8 Å². The van der Waals surface area contributed by atoms with Crippen LogP contribution in [0.3, 0.4) is 0 Å². The lowest BCUT2D eigenvalue weighted by molar-refractivity contribution is -0.149. The third-order valence-corrected chi connectivity index (χ3v) is 8.84. The maximum absolute atomic E-state index is 13.1. The topological polar surface area (TPSA) is 90.2 Å². The number of nitrogens with zero attached hydrogens (tertiary/aromatic N) is 5. The van der Waals surface area contributed by atoms with Crippen LogP contribution in [0.25, 0.3) is 17.1 Å². The van der Waals surface area contributed by atoms with Crippen LogP contribution in [0.2, 0.25) is 5.02 Å². The Balaban J connectivity index is 1.30. The molecule has 2 aromatic heterocycles. The fraction of sp³-hybridized carbons (Fsp3) is 0.321. The van der Waals surface area contributed by atoms with Crippen molar-refractivity contribution in [2.24, 2.45) is 5.92 Å². The summed E-state index contributed by atoms with van der Waals surface area (Å²) in [5.74, 6) is 0.781. The summed E-state index contributed by atoms with van der Waals surface area (Å²) >= 11 is 9.46. The normalized spacial score (nSPS) is 14.0. The second kappa shape index (κ2) is 12.3. The molecule has 8 nitrogen and oxygen atoms in total. The number of esters is 1. The van der Waals surface area contributed by atoms with Gasteiger partial charge in [0.15, 0.2) is 11.0 Å². The van der Waals surface area contributed by atoms with E-state index in [9.17, 15) is 9.59 Å². The Morgan fingerprint density at radius 1 is 1.10 bits per heavy atom. The molecule has 1 aliphatic rings. The molecule has 5 rings (SSSR count). The minimum atomic E-state index is -0.172. The van der Waals surface area contributed by atoms with Crippen LogP contribution in [0.15, 0.2) is 59.1 Å². The van der Waals surface area contributed by atoms with Gasteiger partial charge in [-0.05, 0) is 51.0 Å². The zero-order chi connectivity index (χ0) is 27.4. The van der Waals surface area contributed by atoms with Crippen LogP contribution in [0, 0.1) is 12.8 Å². The van der Waals surface area contributed by atoms with E-state index in [1.54, 1.807) is 17.2 Å². The van der Waals surface area contributed by atoms with Crippen molar-refractivity contribution in [3.05, 3.63) is 75.2 Å². The molecule has 1 amide bonds. The minimum absolute atomic E-state index is 0.103. The molecule has 2 aromatic carbocycles. The number of likely N-dealkylation sites (tertiary alicyclic amines) is 1. The first kappa shape index (κ1) is 27.4. The predicted molar refractivity (Wildman–Crippen MR) is 153 cm³/mol. The van der Waals surface area contributed by atoms with Crippen molar-refractivity contribution < 1.29 is 14.3 Å². The number of carbonyl (C=O) groups excluding carboxylic acids is 2. The van der Waals surface area contributed by atoms with E-state index < -0.39 is 0 Å². The highest BCUT2D eigenvalue weighted by Gasteiger charge is 2.29. The third-order valence-electron chi connectivity index (χ3n) is 6.54. The number of thiazole rings is 1. The monoisotopic (exact) mass is 581 g/mol. The van der Waals surface area contributed by atoms with E-state index in [0.29, 0.717) is 60.0 Å². The van der Waals surface area contributed by atoms with Gasteiger partial charge in [0.05, 0.1) is 23.3 Å². The predicted octanol–water partition coefficient (Wildman–Crippen LogP) is 6.06. The number of benzene rings is 2. The van der Waals surface area contributed by atoms with Gasteiger partial charge in [-0.25, -0.2) is 4.98 Å². The molecule has 39 heavy (non-hydrogen) atoms. The number of amides is 1. The van der Waals surface area contributed by atoms with E-state index in [1.807, 2.05) is 47.9 Å². The van der Waals surface area contributed by atoms with E-state index in [0.717, 1.165) is 21.8 Å². The zero-order valence-corrected chi connectivity index (χ0v) is 24.1. The number of aromatic nitrogens is 4. The Morgan fingerprint density at radius 2 is 1.85 bits per heavy atom. The fourth-order valence-corrected chi connectivity index (χ4v) is 6.41. The molecule has 0 radical (unpaired) electrons. The van der Waals surface area contributed by atoms with Gasteiger partial charge in [0.2, 0.25) is 0 Å². The average Bonchev–Trinajstić information content (AvgIpc) is 3.60. The standard InChI is InChI=1S/C28H28ClN5O3S2/c1-3-37-27(36)19-12-14-33(15-13-19)26(35)23-16-38-24(30-23)17-39-28-32-31-25(21-6-4-5-7-22(21)29)34(28)20-10-8-18(2)9-11-20/h4-11,16,19H,3,12-15,17H2,1-2H3. The zero-order valence-electron chi connectivity index (χ0n) is 21.7. The molecule has 0 N–H and O–H groups in total. The Labute approximate surface area is 240 Å². The lowest BCUT2D eigenvalue weighted by Gasteiger charge is -2.30. The summed E-state index contributed by atoms with van der Waals surface area (Å²) in [4.78, 5) is 31.4. The minimum Gasteiger partial charge on any atom is -0.466 e. The van der Waals surface area contributed by atoms with Crippen LogP contribution in [0.5, 0.6) is 0 Å². The van der Waals surface area contributed by atoms with E-state index in [2.05, 4.69) is 27.3 Å². The van der Waals surface area contributed by atoms with Crippen molar-refractivity contribution in [2.75, 3.05) is 19.7 Å². The maximum Gasteiger partial charge on any atom is 0.309 e. The number of rotatable bonds is 8. The number of piperidine rings is 1. The highest BCUT2D eigenvalue weighted by Crippen LogP contribution is 2.33. The Hall–Kier alpha value is -3.21. The van der Waals surface area contributed by atoms with E-state index in [4.69, 9.17) is 16.3 Å². The summed E-state index contributed by atoms with van der Waals surface area (Å²) in [7, 11) is 0. The van der Waals surface area contributed by atoms with Gasteiger partial charge < -0.3 is 9.64 Å². The van der Waals surface area contributed by atoms with E-state index >= 15 is 0 Å². The number of hydrogen-bond acceptors (Lipinski definition) is 8. The second-order valence-electron chi connectivity index (χ2n) is 9.19. The first-order valence-electron chi connectivity index (χ1n) is 12.7. The molecule has 0 saturated carbocycles. The molecule has 1 fully saturated rings. The Bertz CT molecular complexity index is 1460. The SMILES string of the molecule is CCOC(=O)C1CCN(C(=O)c2csc(CSc3nnc(-c4ccccc4Cl)n3-c3ccc(C)cc3)n2)CC1. The Morgan fingerprint density at radius 3 is 2.56 bits per heavy atom. The second-order valence-corrected chi connectivity index (χ2v) is 11.5. The fourth-order valence-electron chi connectivity index (χ4n) is 4.45. The number of halogens is 1. The van der Waals surface area contributed by atoms with Gasteiger partial charge in [-0.15, -0.1) is 21.5 Å². The van der Waals surface area contributed by atoms with Crippen molar-refractivity contribution in [2.45, 2.75) is 37.6 Å². The molecule has 11 heteroatoms. The average molecular weight is 582 g/mol. The smallest absolute Gasteiger partial charge is 0.309 e. The van der Waals surface area contributed by atoms with Crippen molar-refractivity contribution in [3.8, 4) is 17.1 Å². The van der Waals surface area contributed by atoms with Crippen LogP contribution >= 0.6 is 34.7 Å². The molecular weight excluding hydrogens is 554 g/mol. The van der Waals surface area contributed by atoms with Gasteiger partial charge in [0.1, 0.15) is 10.7 Å². The Kier molecular flexibility index (Phi) is 8.64. The summed E-state index contributed by atoms with van der Waals surface area (Å²) in [6.07, 6.45) is 1.22. The van der Waals surface area contributed by atoms with Crippen LogP contribution in [0.4, 0.5) is 0 Å².